The maximum atomic E-state index is 5.99. The SMILES string of the molecule is CC(Cl)c1ccccc1C(C)Cl. The van der Waals surface area contributed by atoms with E-state index < -0.39 is 0 Å². The van der Waals surface area contributed by atoms with Gasteiger partial charge in [0.25, 0.3) is 0 Å². The van der Waals surface area contributed by atoms with Crippen LogP contribution >= 0.6 is 23.2 Å². The third-order valence-corrected chi connectivity index (χ3v) is 2.32. The molecule has 2 unspecified atom stereocenters. The Morgan fingerprint density at radius 1 is 0.917 bits per heavy atom. The first-order valence-corrected chi connectivity index (χ1v) is 4.87. The van der Waals surface area contributed by atoms with Crippen LogP contribution in [0.5, 0.6) is 0 Å². The van der Waals surface area contributed by atoms with Crippen molar-refractivity contribution in [3.63, 3.8) is 0 Å². The highest BCUT2D eigenvalue weighted by molar-refractivity contribution is 6.22. The fraction of sp³-hybridized carbons (Fsp3) is 0.400. The lowest BCUT2D eigenvalue weighted by molar-refractivity contribution is 0.986. The highest BCUT2D eigenvalue weighted by Crippen LogP contribution is 2.30. The molecule has 1 aromatic carbocycles. The van der Waals surface area contributed by atoms with E-state index in [0.717, 1.165) is 11.1 Å². The molecule has 1 aromatic rings. The van der Waals surface area contributed by atoms with Gasteiger partial charge in [0.1, 0.15) is 0 Å². The summed E-state index contributed by atoms with van der Waals surface area (Å²) in [7, 11) is 0. The summed E-state index contributed by atoms with van der Waals surface area (Å²) in [4.78, 5) is 0. The molecule has 0 spiro atoms. The zero-order valence-electron chi connectivity index (χ0n) is 7.22. The van der Waals surface area contributed by atoms with Crippen molar-refractivity contribution in [1.82, 2.24) is 0 Å². The minimum Gasteiger partial charge on any atom is -0.118 e. The van der Waals surface area contributed by atoms with Crippen molar-refractivity contribution in [2.24, 2.45) is 0 Å². The van der Waals surface area contributed by atoms with Gasteiger partial charge in [-0.15, -0.1) is 23.2 Å². The van der Waals surface area contributed by atoms with Crippen LogP contribution in [0.4, 0.5) is 0 Å². The molecule has 12 heavy (non-hydrogen) atoms. The number of hydrogen-bond acceptors (Lipinski definition) is 0. The Bertz CT molecular complexity index is 227. The van der Waals surface area contributed by atoms with Gasteiger partial charge in [-0.1, -0.05) is 24.3 Å². The number of alkyl halides is 2. The summed E-state index contributed by atoms with van der Waals surface area (Å²) in [5.74, 6) is 0. The van der Waals surface area contributed by atoms with E-state index in [4.69, 9.17) is 23.2 Å². The molecular weight excluding hydrogens is 191 g/mol. The Morgan fingerprint density at radius 2 is 1.25 bits per heavy atom. The van der Waals surface area contributed by atoms with Crippen molar-refractivity contribution in [3.05, 3.63) is 35.4 Å². The number of rotatable bonds is 2. The van der Waals surface area contributed by atoms with Crippen LogP contribution in [0.3, 0.4) is 0 Å². The van der Waals surface area contributed by atoms with Gasteiger partial charge in [-0.05, 0) is 25.0 Å². The minimum absolute atomic E-state index is 0.0300. The molecule has 2 atom stereocenters. The highest BCUT2D eigenvalue weighted by atomic mass is 35.5. The van der Waals surface area contributed by atoms with Crippen molar-refractivity contribution in [3.8, 4) is 0 Å². The molecule has 0 aliphatic heterocycles. The molecule has 0 radical (unpaired) electrons. The molecule has 0 fully saturated rings. The first kappa shape index (κ1) is 9.88. The van der Waals surface area contributed by atoms with E-state index in [1.54, 1.807) is 0 Å². The maximum absolute atomic E-state index is 5.99. The van der Waals surface area contributed by atoms with Gasteiger partial charge in [-0.2, -0.15) is 0 Å². The fourth-order valence-corrected chi connectivity index (χ4v) is 1.63. The van der Waals surface area contributed by atoms with Gasteiger partial charge < -0.3 is 0 Å². The van der Waals surface area contributed by atoms with Gasteiger partial charge in [0.05, 0.1) is 10.8 Å². The summed E-state index contributed by atoms with van der Waals surface area (Å²) in [6, 6.07) is 8.01. The Labute approximate surface area is 83.5 Å². The quantitative estimate of drug-likeness (QED) is 0.629. The molecule has 0 aromatic heterocycles. The second-order valence-electron chi connectivity index (χ2n) is 2.86. The van der Waals surface area contributed by atoms with Crippen molar-refractivity contribution < 1.29 is 0 Å². The van der Waals surface area contributed by atoms with Crippen LogP contribution in [-0.4, -0.2) is 0 Å². The summed E-state index contributed by atoms with van der Waals surface area (Å²) >= 11 is 12.0. The Kier molecular flexibility index (Phi) is 3.42. The van der Waals surface area contributed by atoms with E-state index in [0.29, 0.717) is 0 Å². The van der Waals surface area contributed by atoms with Crippen molar-refractivity contribution >= 4 is 23.2 Å². The lowest BCUT2D eigenvalue weighted by Crippen LogP contribution is -1.94. The van der Waals surface area contributed by atoms with Gasteiger partial charge in [-0.3, -0.25) is 0 Å². The first-order valence-electron chi connectivity index (χ1n) is 4.00. The first-order chi connectivity index (χ1) is 5.63. The standard InChI is InChI=1S/C10H12Cl2/c1-7(11)9-5-3-4-6-10(9)8(2)12/h3-8H,1-2H3. The molecule has 0 aliphatic rings. The van der Waals surface area contributed by atoms with Gasteiger partial charge in [0, 0.05) is 0 Å². The van der Waals surface area contributed by atoms with Gasteiger partial charge in [0.2, 0.25) is 0 Å². The molecule has 0 saturated heterocycles. The van der Waals surface area contributed by atoms with Crippen LogP contribution in [0, 0.1) is 0 Å². The Morgan fingerprint density at radius 3 is 1.50 bits per heavy atom. The van der Waals surface area contributed by atoms with Crippen molar-refractivity contribution in [2.75, 3.05) is 0 Å². The molecule has 0 bridgehead atoms. The lowest BCUT2D eigenvalue weighted by Gasteiger charge is -2.12. The van der Waals surface area contributed by atoms with Crippen molar-refractivity contribution in [2.45, 2.75) is 24.6 Å². The van der Waals surface area contributed by atoms with Crippen molar-refractivity contribution in [1.29, 1.82) is 0 Å². The fourth-order valence-electron chi connectivity index (χ4n) is 1.24. The number of hydrogen-bond donors (Lipinski definition) is 0. The molecule has 0 saturated carbocycles. The Hall–Kier alpha value is -0.200. The normalized spacial score (nSPS) is 15.7. The van der Waals surface area contributed by atoms with Crippen LogP contribution in [0.2, 0.25) is 0 Å². The van der Waals surface area contributed by atoms with E-state index in [2.05, 4.69) is 0 Å². The van der Waals surface area contributed by atoms with Gasteiger partial charge in [0.15, 0.2) is 0 Å². The van der Waals surface area contributed by atoms with E-state index in [-0.39, 0.29) is 10.8 Å². The van der Waals surface area contributed by atoms with Crippen LogP contribution < -0.4 is 0 Å². The smallest absolute Gasteiger partial charge is 0.0560 e. The number of halogens is 2. The predicted molar refractivity (Wildman–Crippen MR) is 55.0 cm³/mol. The molecule has 1 rings (SSSR count). The summed E-state index contributed by atoms with van der Waals surface area (Å²) in [5.41, 5.74) is 2.25. The van der Waals surface area contributed by atoms with Crippen LogP contribution in [0.15, 0.2) is 24.3 Å². The third kappa shape index (κ3) is 2.15. The topological polar surface area (TPSA) is 0 Å². The summed E-state index contributed by atoms with van der Waals surface area (Å²) < 4.78 is 0. The molecular formula is C10H12Cl2. The van der Waals surface area contributed by atoms with E-state index >= 15 is 0 Å². The molecule has 0 aliphatic carbocycles. The average Bonchev–Trinajstić information content (AvgIpc) is 2.04. The van der Waals surface area contributed by atoms with Gasteiger partial charge in [-0.25, -0.2) is 0 Å². The van der Waals surface area contributed by atoms with E-state index in [1.165, 1.54) is 0 Å². The Balaban J connectivity index is 3.09. The predicted octanol–water partition coefficient (Wildman–Crippen LogP) is 4.29. The zero-order valence-corrected chi connectivity index (χ0v) is 8.73. The van der Waals surface area contributed by atoms with E-state index in [1.807, 2.05) is 38.1 Å². The lowest BCUT2D eigenvalue weighted by atomic mass is 10.0. The third-order valence-electron chi connectivity index (χ3n) is 1.85. The van der Waals surface area contributed by atoms with Crippen LogP contribution in [0.1, 0.15) is 35.7 Å². The molecule has 0 heterocycles. The largest absolute Gasteiger partial charge is 0.118 e. The van der Waals surface area contributed by atoms with Gasteiger partial charge >= 0.3 is 0 Å². The second-order valence-corrected chi connectivity index (χ2v) is 4.17. The summed E-state index contributed by atoms with van der Waals surface area (Å²) in [5, 5.41) is 0.0600. The molecule has 0 nitrogen and oxygen atoms in total. The van der Waals surface area contributed by atoms with Crippen LogP contribution in [-0.2, 0) is 0 Å². The average molecular weight is 203 g/mol. The molecule has 0 amide bonds. The highest BCUT2D eigenvalue weighted by Gasteiger charge is 2.10. The molecule has 2 heteroatoms. The monoisotopic (exact) mass is 202 g/mol. The maximum Gasteiger partial charge on any atom is 0.0560 e. The number of benzene rings is 1. The zero-order chi connectivity index (χ0) is 9.14. The second kappa shape index (κ2) is 4.15. The summed E-state index contributed by atoms with van der Waals surface area (Å²) in [6.07, 6.45) is 0. The minimum atomic E-state index is 0.0300. The molecule has 0 N–H and O–H groups in total. The van der Waals surface area contributed by atoms with Crippen LogP contribution in [0.25, 0.3) is 0 Å². The summed E-state index contributed by atoms with van der Waals surface area (Å²) in [6.45, 7) is 3.92. The molecule has 66 valence electrons. The van der Waals surface area contributed by atoms with E-state index in [9.17, 15) is 0 Å².